The number of nitrogens with one attached hydrogen (secondary N) is 2. The van der Waals surface area contributed by atoms with Crippen molar-refractivity contribution in [2.24, 2.45) is 0 Å². The Kier molecular flexibility index (Phi) is 7.07. The highest BCUT2D eigenvalue weighted by molar-refractivity contribution is 5.97. The largest absolute Gasteiger partial charge is 0.573 e. The molecule has 6 nitrogen and oxygen atoms in total. The van der Waals surface area contributed by atoms with Gasteiger partial charge in [0.25, 0.3) is 5.91 Å². The number of carbonyl (C=O) groups excluding carboxylic acids is 2. The average Bonchev–Trinajstić information content (AvgIpc) is 3.68. The summed E-state index contributed by atoms with van der Waals surface area (Å²) in [7, 11) is 1.46. The van der Waals surface area contributed by atoms with Gasteiger partial charge in [-0.05, 0) is 72.0 Å². The third kappa shape index (κ3) is 5.64. The van der Waals surface area contributed by atoms with Crippen LogP contribution in [0.15, 0.2) is 91.0 Å². The van der Waals surface area contributed by atoms with Gasteiger partial charge in [-0.2, -0.15) is 0 Å². The van der Waals surface area contributed by atoms with Gasteiger partial charge in [-0.15, -0.1) is 13.2 Å². The van der Waals surface area contributed by atoms with Crippen LogP contribution in [0, 0.1) is 5.82 Å². The first-order valence-electron chi connectivity index (χ1n) is 13.6. The highest BCUT2D eigenvalue weighted by Crippen LogP contribution is 2.49. The maximum Gasteiger partial charge on any atom is 0.573 e. The molecule has 1 fully saturated rings. The van der Waals surface area contributed by atoms with Crippen LogP contribution in [0.5, 0.6) is 11.5 Å². The molecule has 2 amide bonds. The van der Waals surface area contributed by atoms with Gasteiger partial charge in [-0.1, -0.05) is 48.5 Å². The fraction of sp³-hybridized carbons (Fsp3) is 0.212. The normalized spacial score (nSPS) is 18.3. The van der Waals surface area contributed by atoms with E-state index in [1.54, 1.807) is 18.2 Å². The van der Waals surface area contributed by atoms with Crippen LogP contribution in [0.1, 0.15) is 51.9 Å². The number of fused-ring (bicyclic) bond motifs is 1. The first kappa shape index (κ1) is 28.3. The van der Waals surface area contributed by atoms with Crippen LogP contribution in [-0.4, -0.2) is 25.2 Å². The molecule has 2 unspecified atom stereocenters. The number of likely N-dealkylation sites (N-methyl/N-ethyl adjacent to an activating group) is 1. The van der Waals surface area contributed by atoms with E-state index >= 15 is 0 Å². The summed E-state index contributed by atoms with van der Waals surface area (Å²) in [4.78, 5) is 26.4. The molecule has 2 N–H and O–H groups in total. The second-order valence-electron chi connectivity index (χ2n) is 10.6. The molecule has 6 rings (SSSR count). The molecule has 0 bridgehead atoms. The zero-order valence-corrected chi connectivity index (χ0v) is 22.9. The van der Waals surface area contributed by atoms with E-state index in [-0.39, 0.29) is 22.6 Å². The molecule has 43 heavy (non-hydrogen) atoms. The Morgan fingerprint density at radius 1 is 0.930 bits per heavy atom. The Hall–Kier alpha value is -4.86. The standard InChI is InChI=1S/C33H26F4N2O4/c1-38-31(41)28-25-17-20(9-13-26(25)42-29(28)19-7-11-23(34)12-8-19)24-18-21(10-14-27(24)43-33(35,36)37)30(40)39-32(15-16-32)22-5-3-2-4-6-22/h2-14,17-18,28-29H,15-16H2,1H3,(H,38,41)(H,39,40). The second-order valence-corrected chi connectivity index (χ2v) is 10.6. The molecule has 0 spiro atoms. The molecule has 1 heterocycles. The van der Waals surface area contributed by atoms with E-state index < -0.39 is 41.4 Å². The van der Waals surface area contributed by atoms with Crippen molar-refractivity contribution in [1.29, 1.82) is 0 Å². The summed E-state index contributed by atoms with van der Waals surface area (Å²) in [6, 6.07) is 23.5. The van der Waals surface area contributed by atoms with Gasteiger partial charge in [-0.25, -0.2) is 4.39 Å². The minimum atomic E-state index is -4.98. The van der Waals surface area contributed by atoms with Gasteiger partial charge >= 0.3 is 6.36 Å². The molecule has 4 aromatic carbocycles. The average molecular weight is 591 g/mol. The number of amides is 2. The molecule has 4 aromatic rings. The maximum absolute atomic E-state index is 13.6. The zero-order valence-electron chi connectivity index (χ0n) is 22.9. The Balaban J connectivity index is 1.38. The molecule has 0 saturated heterocycles. The lowest BCUT2D eigenvalue weighted by molar-refractivity contribution is -0.274. The summed E-state index contributed by atoms with van der Waals surface area (Å²) in [6.07, 6.45) is -4.29. The molecule has 2 atom stereocenters. The molecule has 10 heteroatoms. The number of halogens is 4. The summed E-state index contributed by atoms with van der Waals surface area (Å²) in [5.74, 6) is -2.29. The molecule has 1 aliphatic carbocycles. The predicted molar refractivity (Wildman–Crippen MR) is 150 cm³/mol. The summed E-state index contributed by atoms with van der Waals surface area (Å²) >= 11 is 0. The van der Waals surface area contributed by atoms with Gasteiger partial charge in [0.2, 0.25) is 5.91 Å². The lowest BCUT2D eigenvalue weighted by Gasteiger charge is -2.20. The van der Waals surface area contributed by atoms with E-state index in [0.29, 0.717) is 16.9 Å². The smallest absolute Gasteiger partial charge is 0.484 e. The molecule has 0 radical (unpaired) electrons. The summed E-state index contributed by atoms with van der Waals surface area (Å²) < 4.78 is 64.2. The van der Waals surface area contributed by atoms with Crippen molar-refractivity contribution in [3.63, 3.8) is 0 Å². The number of benzene rings is 4. The predicted octanol–water partition coefficient (Wildman–Crippen LogP) is 6.77. The molecule has 2 aliphatic rings. The fourth-order valence-corrected chi connectivity index (χ4v) is 5.55. The Bertz CT molecular complexity index is 1690. The number of rotatable bonds is 7. The number of hydrogen-bond donors (Lipinski definition) is 2. The lowest BCUT2D eigenvalue weighted by Crippen LogP contribution is -2.34. The number of carbonyl (C=O) groups is 2. The lowest BCUT2D eigenvalue weighted by atomic mass is 9.88. The van der Waals surface area contributed by atoms with Crippen molar-refractivity contribution in [2.75, 3.05) is 7.05 Å². The highest BCUT2D eigenvalue weighted by Gasteiger charge is 2.46. The Morgan fingerprint density at radius 3 is 2.30 bits per heavy atom. The van der Waals surface area contributed by atoms with Crippen LogP contribution in [-0.2, 0) is 10.3 Å². The first-order valence-corrected chi connectivity index (χ1v) is 13.6. The van der Waals surface area contributed by atoms with Gasteiger partial charge in [0, 0.05) is 23.7 Å². The summed E-state index contributed by atoms with van der Waals surface area (Å²) in [5, 5.41) is 5.65. The minimum absolute atomic E-state index is 0.0122. The maximum atomic E-state index is 13.6. The monoisotopic (exact) mass is 590 g/mol. The molecule has 1 saturated carbocycles. The number of ether oxygens (including phenoxy) is 2. The van der Waals surface area contributed by atoms with Crippen LogP contribution in [0.3, 0.4) is 0 Å². The molecule has 0 aromatic heterocycles. The van der Waals surface area contributed by atoms with Crippen molar-refractivity contribution in [2.45, 2.75) is 36.8 Å². The first-order chi connectivity index (χ1) is 20.6. The SMILES string of the molecule is CNC(=O)C1c2cc(-c3cc(C(=O)NC4(c5ccccc5)CC4)ccc3OC(F)(F)F)ccc2OC1c1ccc(F)cc1. The molecule has 1 aliphatic heterocycles. The quantitative estimate of drug-likeness (QED) is 0.233. The number of alkyl halides is 3. The van der Waals surface area contributed by atoms with Gasteiger partial charge in [0.1, 0.15) is 29.3 Å². The van der Waals surface area contributed by atoms with Crippen LogP contribution >= 0.6 is 0 Å². The van der Waals surface area contributed by atoms with E-state index in [0.717, 1.165) is 24.5 Å². The van der Waals surface area contributed by atoms with E-state index in [2.05, 4.69) is 15.4 Å². The summed E-state index contributed by atoms with van der Waals surface area (Å²) in [6.45, 7) is 0. The van der Waals surface area contributed by atoms with Gasteiger partial charge < -0.3 is 20.1 Å². The number of hydrogen-bond acceptors (Lipinski definition) is 4. The third-order valence-electron chi connectivity index (χ3n) is 7.84. The van der Waals surface area contributed by atoms with Crippen molar-refractivity contribution < 1.29 is 36.6 Å². The molecular formula is C33H26F4N2O4. The Labute approximate surface area is 244 Å². The second kappa shape index (κ2) is 10.8. The van der Waals surface area contributed by atoms with Crippen LogP contribution in [0.25, 0.3) is 11.1 Å². The topological polar surface area (TPSA) is 76.7 Å². The summed E-state index contributed by atoms with van der Waals surface area (Å²) in [5.41, 5.74) is 1.86. The fourth-order valence-electron chi connectivity index (χ4n) is 5.55. The van der Waals surface area contributed by atoms with E-state index in [4.69, 9.17) is 4.74 Å². The van der Waals surface area contributed by atoms with Crippen LogP contribution in [0.4, 0.5) is 17.6 Å². The van der Waals surface area contributed by atoms with Crippen molar-refractivity contribution in [1.82, 2.24) is 10.6 Å². The zero-order chi connectivity index (χ0) is 30.4. The van der Waals surface area contributed by atoms with Gasteiger partial charge in [0.05, 0.1) is 5.54 Å². The molecular weight excluding hydrogens is 564 g/mol. The van der Waals surface area contributed by atoms with Crippen molar-refractivity contribution in [3.05, 3.63) is 119 Å². The van der Waals surface area contributed by atoms with E-state index in [1.807, 2.05) is 30.3 Å². The third-order valence-corrected chi connectivity index (χ3v) is 7.84. The van der Waals surface area contributed by atoms with Gasteiger partial charge in [0.15, 0.2) is 0 Å². The van der Waals surface area contributed by atoms with Crippen molar-refractivity contribution in [3.8, 4) is 22.6 Å². The van der Waals surface area contributed by atoms with Crippen LogP contribution in [0.2, 0.25) is 0 Å². The highest BCUT2D eigenvalue weighted by atomic mass is 19.4. The Morgan fingerprint density at radius 2 is 1.65 bits per heavy atom. The van der Waals surface area contributed by atoms with Gasteiger partial charge in [-0.3, -0.25) is 9.59 Å². The van der Waals surface area contributed by atoms with Crippen LogP contribution < -0.4 is 20.1 Å². The molecule has 220 valence electrons. The minimum Gasteiger partial charge on any atom is -0.484 e. The van der Waals surface area contributed by atoms with Crippen molar-refractivity contribution >= 4 is 11.8 Å². The van der Waals surface area contributed by atoms with E-state index in [1.165, 1.54) is 43.4 Å². The van der Waals surface area contributed by atoms with E-state index in [9.17, 15) is 27.2 Å².